The molecule has 0 saturated carbocycles. The van der Waals surface area contributed by atoms with Crippen molar-refractivity contribution in [1.82, 2.24) is 4.57 Å². The molecule has 3 rings (SSSR count). The van der Waals surface area contributed by atoms with Crippen molar-refractivity contribution in [3.63, 3.8) is 0 Å². The molecule has 1 nitrogen and oxygen atoms in total. The summed E-state index contributed by atoms with van der Waals surface area (Å²) in [4.78, 5) is 0. The average molecular weight is 251 g/mol. The Morgan fingerprint density at radius 3 is 2.17 bits per heavy atom. The van der Waals surface area contributed by atoms with Gasteiger partial charge in [0.25, 0.3) is 0 Å². The lowest BCUT2D eigenvalue weighted by molar-refractivity contribution is 1.07. The third-order valence-electron chi connectivity index (χ3n) is 3.20. The van der Waals surface area contributed by atoms with Gasteiger partial charge in [0.2, 0.25) is 0 Å². The summed E-state index contributed by atoms with van der Waals surface area (Å²) >= 11 is 5.57. The van der Waals surface area contributed by atoms with Gasteiger partial charge >= 0.3 is 0 Å². The van der Waals surface area contributed by atoms with Gasteiger partial charge in [-0.15, -0.1) is 0 Å². The predicted octanol–water partition coefficient (Wildman–Crippen LogP) is 4.62. The molecular weight excluding hydrogens is 238 g/mol. The highest BCUT2D eigenvalue weighted by Crippen LogP contribution is 2.30. The Morgan fingerprint density at radius 1 is 0.833 bits per heavy atom. The van der Waals surface area contributed by atoms with Gasteiger partial charge in [0.1, 0.15) is 4.64 Å². The fourth-order valence-corrected chi connectivity index (χ4v) is 2.59. The van der Waals surface area contributed by atoms with Crippen LogP contribution in [-0.4, -0.2) is 4.57 Å². The van der Waals surface area contributed by atoms with Crippen LogP contribution in [0.1, 0.15) is 5.56 Å². The smallest absolute Gasteiger partial charge is 0.114 e. The molecule has 0 N–H and O–H groups in total. The number of nitrogens with zero attached hydrogens (tertiary/aromatic N) is 1. The lowest BCUT2D eigenvalue weighted by Gasteiger charge is -2.06. The first-order chi connectivity index (χ1) is 8.79. The van der Waals surface area contributed by atoms with E-state index >= 15 is 0 Å². The van der Waals surface area contributed by atoms with Crippen LogP contribution in [0.3, 0.4) is 0 Å². The van der Waals surface area contributed by atoms with Crippen LogP contribution in [-0.2, 0) is 0 Å². The van der Waals surface area contributed by atoms with Crippen LogP contribution in [0, 0.1) is 11.6 Å². The van der Waals surface area contributed by atoms with E-state index in [2.05, 4.69) is 47.9 Å². The molecule has 0 saturated heterocycles. The molecule has 0 bridgehead atoms. The number of hydrogen-bond acceptors (Lipinski definition) is 1. The maximum atomic E-state index is 5.57. The van der Waals surface area contributed by atoms with Gasteiger partial charge in [0.15, 0.2) is 0 Å². The SMILES string of the molecule is Cc1c2cccccc-2n(-c2ccccc2)c1=S. The average Bonchev–Trinajstić information content (AvgIpc) is 2.60. The summed E-state index contributed by atoms with van der Waals surface area (Å²) in [6, 6.07) is 20.6. The number of fused-ring (bicyclic) bond motifs is 1. The van der Waals surface area contributed by atoms with E-state index in [1.807, 2.05) is 24.3 Å². The van der Waals surface area contributed by atoms with E-state index in [0.29, 0.717) is 0 Å². The zero-order chi connectivity index (χ0) is 12.5. The molecule has 1 aromatic rings. The fraction of sp³-hybridized carbons (Fsp3) is 0.0625. The first-order valence-electron chi connectivity index (χ1n) is 5.95. The molecule has 0 aromatic heterocycles. The summed E-state index contributed by atoms with van der Waals surface area (Å²) in [6.45, 7) is 2.09. The second-order valence-corrected chi connectivity index (χ2v) is 4.70. The molecule has 0 atom stereocenters. The Hall–Kier alpha value is -1.93. The summed E-state index contributed by atoms with van der Waals surface area (Å²) < 4.78 is 3.03. The molecule has 18 heavy (non-hydrogen) atoms. The van der Waals surface area contributed by atoms with Crippen LogP contribution in [0.25, 0.3) is 16.9 Å². The molecule has 1 aromatic carbocycles. The Morgan fingerprint density at radius 2 is 1.44 bits per heavy atom. The number of rotatable bonds is 1. The predicted molar refractivity (Wildman–Crippen MR) is 78.0 cm³/mol. The van der Waals surface area contributed by atoms with Gasteiger partial charge in [-0.2, -0.15) is 0 Å². The van der Waals surface area contributed by atoms with Crippen LogP contribution >= 0.6 is 12.2 Å². The van der Waals surface area contributed by atoms with Crippen molar-refractivity contribution < 1.29 is 0 Å². The molecule has 0 unspecified atom stereocenters. The van der Waals surface area contributed by atoms with Gasteiger partial charge in [0.05, 0.1) is 5.69 Å². The molecule has 1 aliphatic heterocycles. The molecule has 0 amide bonds. The van der Waals surface area contributed by atoms with Crippen molar-refractivity contribution in [2.24, 2.45) is 0 Å². The minimum atomic E-state index is 0.891. The largest absolute Gasteiger partial charge is 0.300 e. The van der Waals surface area contributed by atoms with Crippen LogP contribution in [0.2, 0.25) is 0 Å². The van der Waals surface area contributed by atoms with Gasteiger partial charge in [0, 0.05) is 11.3 Å². The molecule has 1 heterocycles. The topological polar surface area (TPSA) is 4.93 Å². The van der Waals surface area contributed by atoms with Crippen LogP contribution in [0.15, 0.2) is 60.7 Å². The Kier molecular flexibility index (Phi) is 2.73. The van der Waals surface area contributed by atoms with Crippen LogP contribution in [0.4, 0.5) is 0 Å². The second-order valence-electron chi connectivity index (χ2n) is 4.31. The summed E-state index contributed by atoms with van der Waals surface area (Å²) in [7, 11) is 0. The highest BCUT2D eigenvalue weighted by Gasteiger charge is 2.14. The second kappa shape index (κ2) is 4.39. The summed E-state index contributed by atoms with van der Waals surface area (Å²) in [5, 5.41) is 0. The highest BCUT2D eigenvalue weighted by atomic mass is 32.1. The van der Waals surface area contributed by atoms with E-state index in [1.165, 1.54) is 11.1 Å². The molecule has 1 aliphatic carbocycles. The molecule has 88 valence electrons. The fourth-order valence-electron chi connectivity index (χ4n) is 2.28. The molecule has 0 spiro atoms. The minimum Gasteiger partial charge on any atom is -0.300 e. The van der Waals surface area contributed by atoms with E-state index in [4.69, 9.17) is 12.2 Å². The summed E-state index contributed by atoms with van der Waals surface area (Å²) in [5.74, 6) is 0. The summed E-state index contributed by atoms with van der Waals surface area (Å²) in [6.07, 6.45) is 0. The zero-order valence-electron chi connectivity index (χ0n) is 10.1. The quantitative estimate of drug-likeness (QED) is 0.571. The molecule has 0 radical (unpaired) electrons. The Balaban J connectivity index is 2.40. The first-order valence-corrected chi connectivity index (χ1v) is 6.35. The van der Waals surface area contributed by atoms with Crippen molar-refractivity contribution in [1.29, 1.82) is 0 Å². The lowest BCUT2D eigenvalue weighted by Crippen LogP contribution is -1.94. The molecule has 2 heteroatoms. The Bertz CT molecular complexity index is 713. The van der Waals surface area contributed by atoms with E-state index in [0.717, 1.165) is 16.0 Å². The van der Waals surface area contributed by atoms with Crippen molar-refractivity contribution >= 4 is 12.2 Å². The van der Waals surface area contributed by atoms with Gasteiger partial charge in [-0.1, -0.05) is 54.7 Å². The zero-order valence-corrected chi connectivity index (χ0v) is 10.9. The van der Waals surface area contributed by atoms with E-state index < -0.39 is 0 Å². The monoisotopic (exact) mass is 251 g/mol. The van der Waals surface area contributed by atoms with Crippen molar-refractivity contribution in [2.75, 3.05) is 0 Å². The van der Waals surface area contributed by atoms with Gasteiger partial charge in [-0.3, -0.25) is 0 Å². The first kappa shape index (κ1) is 11.2. The van der Waals surface area contributed by atoms with E-state index in [-0.39, 0.29) is 0 Å². The van der Waals surface area contributed by atoms with Crippen LogP contribution in [0.5, 0.6) is 0 Å². The molecule has 0 fully saturated rings. The number of hydrogen-bond donors (Lipinski definition) is 0. The van der Waals surface area contributed by atoms with Gasteiger partial charge < -0.3 is 4.57 Å². The number of benzene rings is 1. The van der Waals surface area contributed by atoms with E-state index in [9.17, 15) is 0 Å². The highest BCUT2D eigenvalue weighted by molar-refractivity contribution is 7.71. The maximum Gasteiger partial charge on any atom is 0.114 e. The number of aromatic nitrogens is 1. The van der Waals surface area contributed by atoms with Gasteiger partial charge in [-0.05, 0) is 30.7 Å². The van der Waals surface area contributed by atoms with Crippen molar-refractivity contribution in [3.8, 4) is 16.9 Å². The van der Waals surface area contributed by atoms with Gasteiger partial charge in [-0.25, -0.2) is 0 Å². The Labute approximate surface area is 112 Å². The normalized spacial score (nSPS) is 10.7. The van der Waals surface area contributed by atoms with Crippen molar-refractivity contribution in [2.45, 2.75) is 6.92 Å². The number of para-hydroxylation sites is 1. The lowest BCUT2D eigenvalue weighted by atomic mass is 10.1. The summed E-state index contributed by atoms with van der Waals surface area (Å²) in [5.41, 5.74) is 4.66. The van der Waals surface area contributed by atoms with E-state index in [1.54, 1.807) is 0 Å². The molecule has 2 aliphatic rings. The molecular formula is C16H13NS. The third-order valence-corrected chi connectivity index (χ3v) is 3.69. The third kappa shape index (κ3) is 1.66. The minimum absolute atomic E-state index is 0.891. The van der Waals surface area contributed by atoms with Crippen molar-refractivity contribution in [3.05, 3.63) is 70.9 Å². The van der Waals surface area contributed by atoms with Crippen LogP contribution < -0.4 is 0 Å². The maximum absolute atomic E-state index is 5.57. The standard InChI is InChI=1S/C16H13NS/c1-12-14-10-6-3-7-11-15(14)17(16(12)18)13-8-4-2-5-9-13/h2-11H,1H3.